The van der Waals surface area contributed by atoms with Crippen LogP contribution >= 0.6 is 15.6 Å². The lowest BCUT2D eigenvalue weighted by atomic mass is 10.1. The van der Waals surface area contributed by atoms with Crippen LogP contribution in [0.5, 0.6) is 0 Å². The molecule has 0 unspecified atom stereocenters. The molecule has 0 radical (unpaired) electrons. The summed E-state index contributed by atoms with van der Waals surface area (Å²) in [5.74, 6) is 0.0335. The SMILES string of the molecule is C.Nc1ncnc2c1ncn2[C@@H]1O[C@H](COP(=O)(O)O)[C@@H](O)[C@H]1OP(=O)(O)O. The number of nitrogens with two attached hydrogens (primary N) is 1. The highest BCUT2D eigenvalue weighted by atomic mass is 31.2. The quantitative estimate of drug-likeness (QED) is 0.291. The standard InChI is InChI=1S/C10H15N5O10P2.CH4/c11-8-5-9(13-2-12-8)15(3-14-5)10-7(25-27(20,21)22)6(16)4(24-10)1-23-26(17,18)19;/h2-4,6-7,10,16H,1H2,(H2,11,12,13)(H2,17,18,19)(H2,20,21,22);1H4/t4-,6-,7-,10-;/m1./s1. The Morgan fingerprint density at radius 3 is 2.46 bits per heavy atom. The third-order valence-corrected chi connectivity index (χ3v) is 4.64. The Morgan fingerprint density at radius 2 is 1.86 bits per heavy atom. The maximum absolute atomic E-state index is 11.3. The van der Waals surface area contributed by atoms with E-state index in [1.54, 1.807) is 0 Å². The van der Waals surface area contributed by atoms with Crippen LogP contribution in [0, 0.1) is 0 Å². The third-order valence-electron chi connectivity index (χ3n) is 3.64. The number of aliphatic hydroxyl groups excluding tert-OH is 1. The fourth-order valence-electron chi connectivity index (χ4n) is 2.58. The normalized spacial score (nSPS) is 25.8. The molecule has 4 atom stereocenters. The van der Waals surface area contributed by atoms with Gasteiger partial charge < -0.3 is 35.2 Å². The van der Waals surface area contributed by atoms with Gasteiger partial charge in [0.1, 0.15) is 30.2 Å². The molecule has 17 heteroatoms. The Labute approximate surface area is 157 Å². The molecule has 1 aliphatic rings. The summed E-state index contributed by atoms with van der Waals surface area (Å²) in [4.78, 5) is 47.5. The van der Waals surface area contributed by atoms with Crippen molar-refractivity contribution in [3.63, 3.8) is 0 Å². The van der Waals surface area contributed by atoms with E-state index in [1.807, 2.05) is 0 Å². The number of nitrogens with zero attached hydrogens (tertiary/aromatic N) is 4. The van der Waals surface area contributed by atoms with Crippen LogP contribution in [-0.4, -0.2) is 69.1 Å². The summed E-state index contributed by atoms with van der Waals surface area (Å²) in [5, 5.41) is 10.3. The molecule has 0 amide bonds. The van der Waals surface area contributed by atoms with E-state index in [2.05, 4.69) is 24.0 Å². The van der Waals surface area contributed by atoms with Crippen molar-refractivity contribution < 1.29 is 47.6 Å². The van der Waals surface area contributed by atoms with Crippen molar-refractivity contribution >= 4 is 32.6 Å². The lowest BCUT2D eigenvalue weighted by molar-refractivity contribution is -0.0498. The number of imidazole rings is 1. The maximum atomic E-state index is 11.3. The van der Waals surface area contributed by atoms with Crippen molar-refractivity contribution in [1.29, 1.82) is 0 Å². The van der Waals surface area contributed by atoms with Crippen LogP contribution in [0.2, 0.25) is 0 Å². The van der Waals surface area contributed by atoms with E-state index in [-0.39, 0.29) is 24.4 Å². The predicted octanol–water partition coefficient (Wildman–Crippen LogP) is -1.11. The van der Waals surface area contributed by atoms with Crippen LogP contribution in [-0.2, 0) is 22.9 Å². The molecule has 0 spiro atoms. The molecule has 2 aromatic rings. The van der Waals surface area contributed by atoms with Crippen LogP contribution in [0.1, 0.15) is 13.7 Å². The van der Waals surface area contributed by atoms with Crippen molar-refractivity contribution in [1.82, 2.24) is 19.5 Å². The number of fused-ring (bicyclic) bond motifs is 1. The second-order valence-corrected chi connectivity index (χ2v) is 7.92. The van der Waals surface area contributed by atoms with E-state index in [1.165, 1.54) is 10.9 Å². The smallest absolute Gasteiger partial charge is 0.387 e. The number of hydrogen-bond acceptors (Lipinski definition) is 10. The van der Waals surface area contributed by atoms with E-state index >= 15 is 0 Å². The zero-order valence-corrected chi connectivity index (χ0v) is 15.0. The number of aliphatic hydroxyl groups is 1. The van der Waals surface area contributed by atoms with Gasteiger partial charge in [0.25, 0.3) is 0 Å². The highest BCUT2D eigenvalue weighted by molar-refractivity contribution is 7.46. The Morgan fingerprint density at radius 1 is 1.18 bits per heavy atom. The van der Waals surface area contributed by atoms with Crippen molar-refractivity contribution in [2.45, 2.75) is 32.0 Å². The number of hydrogen-bond donors (Lipinski definition) is 6. The molecule has 1 saturated heterocycles. The van der Waals surface area contributed by atoms with Crippen LogP contribution in [0.25, 0.3) is 11.2 Å². The average molecular weight is 443 g/mol. The number of rotatable bonds is 6. The van der Waals surface area contributed by atoms with Gasteiger partial charge in [-0.1, -0.05) is 7.43 Å². The summed E-state index contributed by atoms with van der Waals surface area (Å²) in [7, 11) is -9.94. The number of aromatic nitrogens is 4. The Kier molecular flexibility index (Phi) is 6.57. The molecule has 3 rings (SSSR count). The van der Waals surface area contributed by atoms with Crippen LogP contribution in [0.15, 0.2) is 12.7 Å². The summed E-state index contributed by atoms with van der Waals surface area (Å²) >= 11 is 0. The molecular formula is C11H19N5O10P2. The van der Waals surface area contributed by atoms with Gasteiger partial charge in [-0.2, -0.15) is 0 Å². The van der Waals surface area contributed by atoms with Gasteiger partial charge in [0.05, 0.1) is 12.9 Å². The second kappa shape index (κ2) is 8.08. The van der Waals surface area contributed by atoms with Crippen molar-refractivity contribution in [2.75, 3.05) is 12.3 Å². The Balaban J connectivity index is 0.00000280. The van der Waals surface area contributed by atoms with Gasteiger partial charge in [-0.3, -0.25) is 13.6 Å². The minimum atomic E-state index is -5.06. The van der Waals surface area contributed by atoms with E-state index in [0.717, 1.165) is 6.33 Å². The second-order valence-electron chi connectivity index (χ2n) is 5.49. The topological polar surface area (TPSA) is 233 Å². The van der Waals surface area contributed by atoms with Gasteiger partial charge in [-0.05, 0) is 0 Å². The monoisotopic (exact) mass is 443 g/mol. The van der Waals surface area contributed by atoms with E-state index < -0.39 is 46.8 Å². The molecule has 28 heavy (non-hydrogen) atoms. The summed E-state index contributed by atoms with van der Waals surface area (Å²) in [5.41, 5.74) is 5.96. The number of ether oxygens (including phenoxy) is 1. The van der Waals surface area contributed by atoms with Gasteiger partial charge in [0, 0.05) is 0 Å². The van der Waals surface area contributed by atoms with Crippen LogP contribution in [0.4, 0.5) is 5.82 Å². The maximum Gasteiger partial charge on any atom is 0.470 e. The first-order valence-electron chi connectivity index (χ1n) is 7.17. The lowest BCUT2D eigenvalue weighted by Gasteiger charge is -2.22. The largest absolute Gasteiger partial charge is 0.470 e. The highest BCUT2D eigenvalue weighted by Gasteiger charge is 2.49. The molecule has 1 fully saturated rings. The first-order valence-corrected chi connectivity index (χ1v) is 10.2. The van der Waals surface area contributed by atoms with Crippen LogP contribution in [0.3, 0.4) is 0 Å². The van der Waals surface area contributed by atoms with E-state index in [0.29, 0.717) is 0 Å². The van der Waals surface area contributed by atoms with Crippen molar-refractivity contribution in [2.24, 2.45) is 0 Å². The molecule has 3 heterocycles. The Bertz CT molecular complexity index is 928. The molecule has 0 saturated carbocycles. The highest BCUT2D eigenvalue weighted by Crippen LogP contribution is 2.46. The number of phosphoric ester groups is 2. The molecule has 7 N–H and O–H groups in total. The summed E-state index contributed by atoms with van der Waals surface area (Å²) in [6.07, 6.45) is -3.78. The van der Waals surface area contributed by atoms with Crippen molar-refractivity contribution in [3.8, 4) is 0 Å². The number of nitrogen functional groups attached to an aromatic ring is 1. The number of phosphoric acid groups is 2. The average Bonchev–Trinajstić information content (AvgIpc) is 3.07. The minimum Gasteiger partial charge on any atom is -0.387 e. The summed E-state index contributed by atoms with van der Waals surface area (Å²) in [6, 6.07) is 0. The van der Waals surface area contributed by atoms with Gasteiger partial charge in [0.2, 0.25) is 0 Å². The van der Waals surface area contributed by atoms with E-state index in [4.69, 9.17) is 30.0 Å². The van der Waals surface area contributed by atoms with Gasteiger partial charge in [0.15, 0.2) is 17.7 Å². The Hall–Kier alpha value is -1.51. The first kappa shape index (κ1) is 22.8. The third kappa shape index (κ3) is 4.90. The van der Waals surface area contributed by atoms with E-state index in [9.17, 15) is 14.2 Å². The summed E-state index contributed by atoms with van der Waals surface area (Å²) < 4.78 is 37.7. The zero-order chi connectivity index (χ0) is 20.0. The molecule has 0 aromatic carbocycles. The van der Waals surface area contributed by atoms with Gasteiger partial charge in [-0.25, -0.2) is 24.1 Å². The molecular weight excluding hydrogens is 424 g/mol. The van der Waals surface area contributed by atoms with Gasteiger partial charge in [-0.15, -0.1) is 0 Å². The first-order chi connectivity index (χ1) is 12.5. The molecule has 15 nitrogen and oxygen atoms in total. The molecule has 0 aliphatic carbocycles. The molecule has 2 aromatic heterocycles. The zero-order valence-electron chi connectivity index (χ0n) is 13.2. The summed E-state index contributed by atoms with van der Waals surface area (Å²) in [6.45, 7) is -0.771. The van der Waals surface area contributed by atoms with Crippen LogP contribution < -0.4 is 5.73 Å². The lowest BCUT2D eigenvalue weighted by Crippen LogP contribution is -2.35. The molecule has 158 valence electrons. The minimum absolute atomic E-state index is 0. The molecule has 1 aliphatic heterocycles. The fraction of sp³-hybridized carbons (Fsp3) is 0.545. The fourth-order valence-corrected chi connectivity index (χ4v) is 3.47. The predicted molar refractivity (Wildman–Crippen MR) is 91.3 cm³/mol. The molecule has 0 bridgehead atoms. The van der Waals surface area contributed by atoms with Gasteiger partial charge >= 0.3 is 15.6 Å². The number of anilines is 1. The van der Waals surface area contributed by atoms with Crippen molar-refractivity contribution in [3.05, 3.63) is 12.7 Å².